The summed E-state index contributed by atoms with van der Waals surface area (Å²) in [4.78, 5) is 15.3. The van der Waals surface area contributed by atoms with Crippen LogP contribution in [-0.2, 0) is 6.54 Å². The highest BCUT2D eigenvalue weighted by Crippen LogP contribution is 2.17. The fourth-order valence-electron chi connectivity index (χ4n) is 1.46. The summed E-state index contributed by atoms with van der Waals surface area (Å²) in [5.74, 6) is 0.769. The van der Waals surface area contributed by atoms with Crippen LogP contribution in [0, 0.1) is 0 Å². The molecular formula is C12H12ClN3O. The summed E-state index contributed by atoms with van der Waals surface area (Å²) >= 11 is 6.07. The van der Waals surface area contributed by atoms with Crippen molar-refractivity contribution in [2.75, 3.05) is 12.4 Å². The SMILES string of the molecule is CNc1ccc(Cl)c(Cn2ccc(=O)cc2)n1. The first-order valence-corrected chi connectivity index (χ1v) is 5.56. The second-order valence-electron chi connectivity index (χ2n) is 3.58. The fraction of sp³-hybridized carbons (Fsp3) is 0.167. The molecule has 88 valence electrons. The third-order valence-electron chi connectivity index (χ3n) is 2.37. The molecule has 2 aromatic heterocycles. The first-order chi connectivity index (χ1) is 8.19. The van der Waals surface area contributed by atoms with Gasteiger partial charge in [0.1, 0.15) is 5.82 Å². The zero-order valence-corrected chi connectivity index (χ0v) is 10.1. The highest BCUT2D eigenvalue weighted by Gasteiger charge is 2.03. The van der Waals surface area contributed by atoms with Crippen LogP contribution in [-0.4, -0.2) is 16.6 Å². The van der Waals surface area contributed by atoms with Crippen molar-refractivity contribution in [2.24, 2.45) is 0 Å². The second kappa shape index (κ2) is 5.01. The Morgan fingerprint density at radius 1 is 1.29 bits per heavy atom. The molecule has 0 radical (unpaired) electrons. The van der Waals surface area contributed by atoms with E-state index in [1.165, 1.54) is 12.1 Å². The molecule has 0 spiro atoms. The molecule has 2 rings (SSSR count). The minimum Gasteiger partial charge on any atom is -0.373 e. The van der Waals surface area contributed by atoms with E-state index in [-0.39, 0.29) is 5.43 Å². The minimum atomic E-state index is -0.00992. The van der Waals surface area contributed by atoms with Crippen LogP contribution in [0.2, 0.25) is 5.02 Å². The third kappa shape index (κ3) is 2.85. The van der Waals surface area contributed by atoms with Crippen molar-refractivity contribution >= 4 is 17.4 Å². The molecular weight excluding hydrogens is 238 g/mol. The molecule has 0 aromatic carbocycles. The predicted octanol–water partition coefficient (Wildman–Crippen LogP) is 1.99. The van der Waals surface area contributed by atoms with Gasteiger partial charge in [-0.1, -0.05) is 11.6 Å². The first kappa shape index (κ1) is 11.7. The lowest BCUT2D eigenvalue weighted by atomic mass is 10.3. The van der Waals surface area contributed by atoms with Crippen molar-refractivity contribution in [3.05, 3.63) is 57.6 Å². The van der Waals surface area contributed by atoms with E-state index in [9.17, 15) is 4.79 Å². The van der Waals surface area contributed by atoms with Gasteiger partial charge in [0, 0.05) is 31.6 Å². The number of nitrogens with zero attached hydrogens (tertiary/aromatic N) is 2. The molecule has 5 heteroatoms. The van der Waals surface area contributed by atoms with Gasteiger partial charge in [-0.05, 0) is 12.1 Å². The number of rotatable bonds is 3. The summed E-state index contributed by atoms with van der Waals surface area (Å²) in [6.07, 6.45) is 3.43. The Bertz CT molecular complexity index is 560. The molecule has 0 unspecified atom stereocenters. The molecule has 1 N–H and O–H groups in total. The van der Waals surface area contributed by atoms with E-state index in [1.807, 2.05) is 10.6 Å². The van der Waals surface area contributed by atoms with Crippen LogP contribution in [0.25, 0.3) is 0 Å². The second-order valence-corrected chi connectivity index (χ2v) is 3.99. The summed E-state index contributed by atoms with van der Waals surface area (Å²) in [7, 11) is 1.80. The minimum absolute atomic E-state index is 0.00992. The number of pyridine rings is 2. The number of halogens is 1. The van der Waals surface area contributed by atoms with Gasteiger partial charge in [0.2, 0.25) is 0 Å². The fourth-order valence-corrected chi connectivity index (χ4v) is 1.62. The number of hydrogen-bond acceptors (Lipinski definition) is 3. The maximum atomic E-state index is 11.0. The number of aromatic nitrogens is 2. The number of nitrogens with one attached hydrogen (secondary N) is 1. The molecule has 2 aromatic rings. The molecule has 0 amide bonds. The van der Waals surface area contributed by atoms with Gasteiger partial charge in [-0.2, -0.15) is 0 Å². The molecule has 0 saturated carbocycles. The maximum absolute atomic E-state index is 11.0. The average Bonchev–Trinajstić information content (AvgIpc) is 2.35. The molecule has 0 aliphatic rings. The molecule has 17 heavy (non-hydrogen) atoms. The predicted molar refractivity (Wildman–Crippen MR) is 68.6 cm³/mol. The van der Waals surface area contributed by atoms with Crippen LogP contribution in [0.4, 0.5) is 5.82 Å². The zero-order valence-electron chi connectivity index (χ0n) is 9.35. The average molecular weight is 250 g/mol. The van der Waals surface area contributed by atoms with Crippen LogP contribution in [0.3, 0.4) is 0 Å². The molecule has 0 fully saturated rings. The van der Waals surface area contributed by atoms with Gasteiger partial charge in [-0.3, -0.25) is 4.79 Å². The largest absolute Gasteiger partial charge is 0.373 e. The van der Waals surface area contributed by atoms with Gasteiger partial charge in [0.05, 0.1) is 17.3 Å². The van der Waals surface area contributed by atoms with E-state index in [0.29, 0.717) is 11.6 Å². The van der Waals surface area contributed by atoms with Crippen molar-refractivity contribution in [1.82, 2.24) is 9.55 Å². The Morgan fingerprint density at radius 2 is 2.00 bits per heavy atom. The van der Waals surface area contributed by atoms with E-state index >= 15 is 0 Å². The van der Waals surface area contributed by atoms with Crippen LogP contribution < -0.4 is 10.7 Å². The van der Waals surface area contributed by atoms with E-state index < -0.39 is 0 Å². The van der Waals surface area contributed by atoms with Crippen LogP contribution >= 0.6 is 11.6 Å². The summed E-state index contributed by atoms with van der Waals surface area (Å²) in [5.41, 5.74) is 0.756. The van der Waals surface area contributed by atoms with Crippen molar-refractivity contribution < 1.29 is 0 Å². The van der Waals surface area contributed by atoms with Gasteiger partial charge in [0.15, 0.2) is 5.43 Å². The standard InChI is InChI=1S/C12H12ClN3O/c1-14-12-3-2-10(13)11(15-12)8-16-6-4-9(17)5-7-16/h2-7H,8H2,1H3,(H,14,15). The number of anilines is 1. The Kier molecular flexibility index (Phi) is 3.44. The van der Waals surface area contributed by atoms with E-state index in [4.69, 9.17) is 11.6 Å². The van der Waals surface area contributed by atoms with E-state index in [2.05, 4.69) is 10.3 Å². The topological polar surface area (TPSA) is 46.9 Å². The van der Waals surface area contributed by atoms with Crippen molar-refractivity contribution in [2.45, 2.75) is 6.54 Å². The zero-order chi connectivity index (χ0) is 12.3. The Hall–Kier alpha value is -1.81. The summed E-state index contributed by atoms with van der Waals surface area (Å²) in [6.45, 7) is 0.536. The molecule has 0 bridgehead atoms. The maximum Gasteiger partial charge on any atom is 0.181 e. The summed E-state index contributed by atoms with van der Waals surface area (Å²) < 4.78 is 1.86. The van der Waals surface area contributed by atoms with Gasteiger partial charge >= 0.3 is 0 Å². The Labute approximate surface area is 104 Å². The Morgan fingerprint density at radius 3 is 2.65 bits per heavy atom. The summed E-state index contributed by atoms with van der Waals surface area (Å²) in [6, 6.07) is 6.64. The van der Waals surface area contributed by atoms with E-state index in [0.717, 1.165) is 11.5 Å². The molecule has 0 atom stereocenters. The normalized spacial score (nSPS) is 10.2. The number of hydrogen-bond donors (Lipinski definition) is 1. The molecule has 2 heterocycles. The van der Waals surface area contributed by atoms with Gasteiger partial charge in [-0.15, -0.1) is 0 Å². The van der Waals surface area contributed by atoms with Crippen molar-refractivity contribution in [3.8, 4) is 0 Å². The lowest BCUT2D eigenvalue weighted by molar-refractivity contribution is 0.767. The quantitative estimate of drug-likeness (QED) is 0.905. The molecule has 0 aliphatic heterocycles. The highest BCUT2D eigenvalue weighted by atomic mass is 35.5. The van der Waals surface area contributed by atoms with Gasteiger partial charge < -0.3 is 9.88 Å². The summed E-state index contributed by atoms with van der Waals surface area (Å²) in [5, 5.41) is 3.57. The van der Waals surface area contributed by atoms with Crippen LogP contribution in [0.5, 0.6) is 0 Å². The van der Waals surface area contributed by atoms with E-state index in [1.54, 1.807) is 25.5 Å². The van der Waals surface area contributed by atoms with Gasteiger partial charge in [0.25, 0.3) is 0 Å². The lowest BCUT2D eigenvalue weighted by Gasteiger charge is -2.08. The highest BCUT2D eigenvalue weighted by molar-refractivity contribution is 6.31. The van der Waals surface area contributed by atoms with Crippen molar-refractivity contribution in [3.63, 3.8) is 0 Å². The molecule has 0 aliphatic carbocycles. The Balaban J connectivity index is 2.28. The van der Waals surface area contributed by atoms with Crippen molar-refractivity contribution in [1.29, 1.82) is 0 Å². The third-order valence-corrected chi connectivity index (χ3v) is 2.71. The monoisotopic (exact) mass is 249 g/mol. The smallest absolute Gasteiger partial charge is 0.181 e. The first-order valence-electron chi connectivity index (χ1n) is 5.18. The van der Waals surface area contributed by atoms with Crippen LogP contribution in [0.1, 0.15) is 5.69 Å². The molecule has 4 nitrogen and oxygen atoms in total. The van der Waals surface area contributed by atoms with Crippen LogP contribution in [0.15, 0.2) is 41.5 Å². The lowest BCUT2D eigenvalue weighted by Crippen LogP contribution is -2.07. The van der Waals surface area contributed by atoms with Gasteiger partial charge in [-0.25, -0.2) is 4.98 Å². The molecule has 0 saturated heterocycles.